The predicted molar refractivity (Wildman–Crippen MR) is 102 cm³/mol. The molecular formula is C21H33N3O. The maximum Gasteiger partial charge on any atom is 0.0635 e. The summed E-state index contributed by atoms with van der Waals surface area (Å²) in [6.45, 7) is 14.7. The smallest absolute Gasteiger partial charge is 0.0635 e. The minimum Gasteiger partial charge on any atom is -0.378 e. The van der Waals surface area contributed by atoms with E-state index in [-0.39, 0.29) is 0 Å². The van der Waals surface area contributed by atoms with Gasteiger partial charge in [0.15, 0.2) is 0 Å². The van der Waals surface area contributed by atoms with E-state index in [0.717, 1.165) is 38.8 Å². The number of nitrogens with zero attached hydrogens (tertiary/aromatic N) is 3. The third kappa shape index (κ3) is 3.77. The van der Waals surface area contributed by atoms with Gasteiger partial charge < -0.3 is 4.74 Å². The molecule has 0 saturated carbocycles. The maximum atomic E-state index is 5.82. The van der Waals surface area contributed by atoms with E-state index in [0.29, 0.717) is 11.6 Å². The van der Waals surface area contributed by atoms with Crippen molar-refractivity contribution in [2.75, 3.05) is 52.5 Å². The molecule has 4 heteroatoms. The maximum absolute atomic E-state index is 5.82. The quantitative estimate of drug-likeness (QED) is 0.816. The molecule has 0 amide bonds. The van der Waals surface area contributed by atoms with Gasteiger partial charge in [0, 0.05) is 45.3 Å². The van der Waals surface area contributed by atoms with E-state index in [9.17, 15) is 0 Å². The van der Waals surface area contributed by atoms with Crippen LogP contribution >= 0.6 is 0 Å². The summed E-state index contributed by atoms with van der Waals surface area (Å²) in [5, 5.41) is 0. The van der Waals surface area contributed by atoms with E-state index in [4.69, 9.17) is 4.74 Å². The lowest BCUT2D eigenvalue weighted by molar-refractivity contribution is -0.167. The summed E-state index contributed by atoms with van der Waals surface area (Å²) in [6.07, 6.45) is 1.32. The van der Waals surface area contributed by atoms with Crippen molar-refractivity contribution < 1.29 is 4.74 Å². The molecule has 1 aromatic rings. The molecule has 1 aromatic carbocycles. The molecule has 0 N–H and O–H groups in total. The van der Waals surface area contributed by atoms with Crippen LogP contribution < -0.4 is 0 Å². The number of fused-ring (bicyclic) bond motifs is 2. The molecule has 0 radical (unpaired) electrons. The van der Waals surface area contributed by atoms with Crippen LogP contribution in [0, 0.1) is 5.92 Å². The van der Waals surface area contributed by atoms with Crippen molar-refractivity contribution in [1.82, 2.24) is 14.7 Å². The molecule has 3 aliphatic rings. The van der Waals surface area contributed by atoms with Crippen LogP contribution in [0.2, 0.25) is 0 Å². The van der Waals surface area contributed by atoms with E-state index in [2.05, 4.69) is 58.9 Å². The van der Waals surface area contributed by atoms with Crippen molar-refractivity contribution in [1.29, 1.82) is 0 Å². The molecule has 3 heterocycles. The number of benzene rings is 1. The van der Waals surface area contributed by atoms with Crippen molar-refractivity contribution in [2.45, 2.75) is 38.4 Å². The highest BCUT2D eigenvalue weighted by Crippen LogP contribution is 2.36. The lowest BCUT2D eigenvalue weighted by Crippen LogP contribution is -2.80. The van der Waals surface area contributed by atoms with Crippen LogP contribution in [0.15, 0.2) is 30.3 Å². The Balaban J connectivity index is 1.43. The molecule has 3 saturated heterocycles. The fourth-order valence-electron chi connectivity index (χ4n) is 4.93. The normalized spacial score (nSPS) is 27.4. The van der Waals surface area contributed by atoms with Crippen LogP contribution in [0.4, 0.5) is 0 Å². The third-order valence-electron chi connectivity index (χ3n) is 6.13. The summed E-state index contributed by atoms with van der Waals surface area (Å²) in [6, 6.07) is 11.5. The molecular weight excluding hydrogens is 310 g/mol. The van der Waals surface area contributed by atoms with Crippen LogP contribution in [0.1, 0.15) is 25.8 Å². The lowest BCUT2D eigenvalue weighted by Gasteiger charge is -2.63. The van der Waals surface area contributed by atoms with Crippen molar-refractivity contribution >= 4 is 0 Å². The number of likely N-dealkylation sites (tertiary alicyclic amines) is 1. The topological polar surface area (TPSA) is 19.0 Å². The van der Waals surface area contributed by atoms with Crippen molar-refractivity contribution in [3.05, 3.63) is 35.9 Å². The Hall–Kier alpha value is -0.940. The second kappa shape index (κ2) is 7.36. The molecule has 0 aromatic heterocycles. The molecule has 138 valence electrons. The van der Waals surface area contributed by atoms with E-state index in [1.807, 2.05) is 0 Å². The number of ether oxygens (including phenoxy) is 1. The summed E-state index contributed by atoms with van der Waals surface area (Å²) in [5.41, 5.74) is 1.79. The van der Waals surface area contributed by atoms with Crippen molar-refractivity contribution in [3.8, 4) is 0 Å². The van der Waals surface area contributed by atoms with E-state index >= 15 is 0 Å². The number of morpholine rings is 1. The lowest BCUT2D eigenvalue weighted by atomic mass is 9.82. The van der Waals surface area contributed by atoms with Gasteiger partial charge in [0.25, 0.3) is 0 Å². The van der Waals surface area contributed by atoms with Gasteiger partial charge in [-0.1, -0.05) is 44.2 Å². The highest BCUT2D eigenvalue weighted by Gasteiger charge is 2.53. The van der Waals surface area contributed by atoms with Crippen molar-refractivity contribution in [3.63, 3.8) is 0 Å². The van der Waals surface area contributed by atoms with Crippen molar-refractivity contribution in [2.24, 2.45) is 5.92 Å². The minimum atomic E-state index is 0.360. The molecule has 0 unspecified atom stereocenters. The monoisotopic (exact) mass is 343 g/mol. The Kier molecular flexibility index (Phi) is 5.14. The predicted octanol–water partition coefficient (Wildman–Crippen LogP) is 2.30. The standard InChI is InChI=1S/C21H33N3O/c1-18(2)8-9-22-15-21(16-22)17-23(12-19-6-4-3-5-7-19)13-20-14-25-11-10-24(20)21/h3-7,18,20H,8-17H2,1-2H3/t20-/m1/s1. The fourth-order valence-corrected chi connectivity index (χ4v) is 4.93. The van der Waals surface area contributed by atoms with Crippen LogP contribution in [0.5, 0.6) is 0 Å². The summed E-state index contributed by atoms with van der Waals surface area (Å²) in [4.78, 5) is 8.13. The number of piperazine rings is 1. The van der Waals surface area contributed by atoms with Gasteiger partial charge in [-0.2, -0.15) is 0 Å². The van der Waals surface area contributed by atoms with Gasteiger partial charge in [-0.25, -0.2) is 0 Å². The summed E-state index contributed by atoms with van der Waals surface area (Å²) in [5.74, 6) is 0.800. The molecule has 25 heavy (non-hydrogen) atoms. The Morgan fingerprint density at radius 2 is 1.88 bits per heavy atom. The molecule has 3 aliphatic heterocycles. The second-order valence-electron chi connectivity index (χ2n) is 8.69. The van der Waals surface area contributed by atoms with Crippen LogP contribution in [-0.4, -0.2) is 78.8 Å². The average molecular weight is 344 g/mol. The summed E-state index contributed by atoms with van der Waals surface area (Å²) < 4.78 is 5.82. The van der Waals surface area contributed by atoms with Gasteiger partial charge in [0.2, 0.25) is 0 Å². The number of hydrogen-bond donors (Lipinski definition) is 0. The molecule has 3 fully saturated rings. The van der Waals surface area contributed by atoms with E-state index in [1.54, 1.807) is 0 Å². The van der Waals surface area contributed by atoms with Gasteiger partial charge in [-0.05, 0) is 24.4 Å². The van der Waals surface area contributed by atoms with Gasteiger partial charge in [-0.15, -0.1) is 0 Å². The first-order valence-corrected chi connectivity index (χ1v) is 9.98. The number of hydrogen-bond acceptors (Lipinski definition) is 4. The summed E-state index contributed by atoms with van der Waals surface area (Å²) >= 11 is 0. The van der Waals surface area contributed by atoms with Gasteiger partial charge in [0.1, 0.15) is 0 Å². The van der Waals surface area contributed by atoms with Gasteiger partial charge in [-0.3, -0.25) is 14.7 Å². The molecule has 1 atom stereocenters. The van der Waals surface area contributed by atoms with Crippen LogP contribution in [-0.2, 0) is 11.3 Å². The average Bonchev–Trinajstić information content (AvgIpc) is 2.58. The first kappa shape index (κ1) is 17.5. The molecule has 0 aliphatic carbocycles. The first-order chi connectivity index (χ1) is 12.1. The third-order valence-corrected chi connectivity index (χ3v) is 6.13. The fraction of sp³-hybridized carbons (Fsp3) is 0.714. The van der Waals surface area contributed by atoms with Crippen LogP contribution in [0.25, 0.3) is 0 Å². The molecule has 4 rings (SSSR count). The van der Waals surface area contributed by atoms with E-state index in [1.165, 1.54) is 38.2 Å². The highest BCUT2D eigenvalue weighted by molar-refractivity contribution is 5.17. The Morgan fingerprint density at radius 1 is 1.12 bits per heavy atom. The van der Waals surface area contributed by atoms with E-state index < -0.39 is 0 Å². The minimum absolute atomic E-state index is 0.360. The zero-order valence-corrected chi connectivity index (χ0v) is 15.9. The Labute approximate surface area is 152 Å². The number of rotatable bonds is 5. The van der Waals surface area contributed by atoms with Crippen LogP contribution in [0.3, 0.4) is 0 Å². The molecule has 1 spiro atoms. The summed E-state index contributed by atoms with van der Waals surface area (Å²) in [7, 11) is 0. The Morgan fingerprint density at radius 3 is 2.64 bits per heavy atom. The second-order valence-corrected chi connectivity index (χ2v) is 8.69. The largest absolute Gasteiger partial charge is 0.378 e. The first-order valence-electron chi connectivity index (χ1n) is 9.98. The van der Waals surface area contributed by atoms with Gasteiger partial charge >= 0.3 is 0 Å². The molecule has 4 nitrogen and oxygen atoms in total. The zero-order chi connectivity index (χ0) is 17.3. The van der Waals surface area contributed by atoms with Gasteiger partial charge in [0.05, 0.1) is 18.8 Å². The highest BCUT2D eigenvalue weighted by atomic mass is 16.5. The SMILES string of the molecule is CC(C)CCN1CC2(CN(Cc3ccccc3)C[C@@H]3COCCN32)C1. The Bertz CT molecular complexity index is 556. The zero-order valence-electron chi connectivity index (χ0n) is 15.9. The molecule has 0 bridgehead atoms.